The van der Waals surface area contributed by atoms with Crippen LogP contribution >= 0.6 is 0 Å². The summed E-state index contributed by atoms with van der Waals surface area (Å²) in [7, 11) is 0. The van der Waals surface area contributed by atoms with Crippen LogP contribution in [0.25, 0.3) is 10.9 Å². The molecule has 0 radical (unpaired) electrons. The van der Waals surface area contributed by atoms with Gasteiger partial charge in [-0.05, 0) is 30.7 Å². The summed E-state index contributed by atoms with van der Waals surface area (Å²) in [5.41, 5.74) is 0.521. The molecule has 0 saturated carbocycles. The maximum absolute atomic E-state index is 11.3. The van der Waals surface area contributed by atoms with Crippen LogP contribution in [0.5, 0.6) is 0 Å². The molecule has 104 valence electrons. The largest absolute Gasteiger partial charge is 0.480 e. The Labute approximate surface area is 114 Å². The van der Waals surface area contributed by atoms with E-state index >= 15 is 0 Å². The molecule has 0 aliphatic carbocycles. The molecule has 0 amide bonds. The van der Waals surface area contributed by atoms with Crippen molar-refractivity contribution in [3.8, 4) is 0 Å². The number of hydrogen-bond donors (Lipinski definition) is 2. The molecule has 1 aromatic heterocycles. The normalized spacial score (nSPS) is 12.1. The van der Waals surface area contributed by atoms with E-state index in [1.165, 1.54) is 6.07 Å². The number of aliphatic carboxylic acids is 1. The van der Waals surface area contributed by atoms with Gasteiger partial charge in [-0.25, -0.2) is 4.79 Å². The highest BCUT2D eigenvalue weighted by Gasteiger charge is 2.23. The maximum Gasteiger partial charge on any atom is 0.326 e. The molecule has 2 aromatic rings. The summed E-state index contributed by atoms with van der Waals surface area (Å²) >= 11 is 0. The molecule has 1 unspecified atom stereocenters. The van der Waals surface area contributed by atoms with Gasteiger partial charge in [0.05, 0.1) is 15.8 Å². The first-order valence-corrected chi connectivity index (χ1v) is 6.06. The molecule has 2 rings (SSSR count). The fraction of sp³-hybridized carbons (Fsp3) is 0.231. The minimum absolute atomic E-state index is 0.157. The van der Waals surface area contributed by atoms with E-state index in [0.29, 0.717) is 17.3 Å². The van der Waals surface area contributed by atoms with Crippen LogP contribution in [0.1, 0.15) is 13.3 Å². The minimum Gasteiger partial charge on any atom is -0.480 e. The molecule has 1 aromatic carbocycles. The number of carboxylic acids is 1. The zero-order valence-electron chi connectivity index (χ0n) is 10.7. The van der Waals surface area contributed by atoms with E-state index in [9.17, 15) is 14.9 Å². The summed E-state index contributed by atoms with van der Waals surface area (Å²) in [4.78, 5) is 25.8. The van der Waals surface area contributed by atoms with Crippen molar-refractivity contribution in [3.63, 3.8) is 0 Å². The second-order valence-corrected chi connectivity index (χ2v) is 4.23. The molecule has 0 aliphatic rings. The zero-order valence-corrected chi connectivity index (χ0v) is 10.7. The second-order valence-electron chi connectivity index (χ2n) is 4.23. The molecule has 1 heterocycles. The van der Waals surface area contributed by atoms with Crippen LogP contribution in [0.15, 0.2) is 30.5 Å². The predicted molar refractivity (Wildman–Crippen MR) is 73.7 cm³/mol. The van der Waals surface area contributed by atoms with Crippen molar-refractivity contribution in [1.29, 1.82) is 0 Å². The van der Waals surface area contributed by atoms with E-state index in [-0.39, 0.29) is 11.4 Å². The van der Waals surface area contributed by atoms with E-state index in [1.807, 2.05) is 0 Å². The lowest BCUT2D eigenvalue weighted by molar-refractivity contribution is -0.382. The molecule has 20 heavy (non-hydrogen) atoms. The number of nitrogens with one attached hydrogen (secondary N) is 1. The van der Waals surface area contributed by atoms with Crippen LogP contribution in [0, 0.1) is 10.1 Å². The lowest BCUT2D eigenvalue weighted by Crippen LogP contribution is -2.28. The van der Waals surface area contributed by atoms with Crippen molar-refractivity contribution in [2.45, 2.75) is 19.4 Å². The van der Waals surface area contributed by atoms with Crippen LogP contribution in [-0.4, -0.2) is 27.0 Å². The third kappa shape index (κ3) is 2.51. The third-order valence-corrected chi connectivity index (χ3v) is 2.98. The van der Waals surface area contributed by atoms with Gasteiger partial charge in [-0.3, -0.25) is 15.1 Å². The minimum atomic E-state index is -1.05. The zero-order chi connectivity index (χ0) is 14.7. The third-order valence-electron chi connectivity index (χ3n) is 2.98. The fourth-order valence-electron chi connectivity index (χ4n) is 1.98. The van der Waals surface area contributed by atoms with Gasteiger partial charge in [0, 0.05) is 6.20 Å². The Balaban J connectivity index is 2.55. The van der Waals surface area contributed by atoms with Gasteiger partial charge in [0.25, 0.3) is 0 Å². The Morgan fingerprint density at radius 3 is 2.85 bits per heavy atom. The Morgan fingerprint density at radius 1 is 1.50 bits per heavy atom. The Bertz CT molecular complexity index is 672. The molecule has 0 spiro atoms. The number of fused-ring (bicyclic) bond motifs is 1. The Hall–Kier alpha value is -2.70. The number of carboxylic acid groups (broad SMARTS) is 1. The van der Waals surface area contributed by atoms with Crippen LogP contribution < -0.4 is 5.32 Å². The van der Waals surface area contributed by atoms with E-state index < -0.39 is 16.9 Å². The summed E-state index contributed by atoms with van der Waals surface area (Å²) in [5, 5.41) is 23.4. The average Bonchev–Trinajstić information content (AvgIpc) is 2.43. The standard InChI is InChI=1S/C13H13N3O4/c1-2-9(13(17)18)15-11-6-5-10-8(4-3-7-14-10)12(11)16(19)20/h3-7,9,15H,2H2,1H3,(H,17,18). The summed E-state index contributed by atoms with van der Waals surface area (Å²) < 4.78 is 0. The highest BCUT2D eigenvalue weighted by Crippen LogP contribution is 2.33. The van der Waals surface area contributed by atoms with Gasteiger partial charge in [0.15, 0.2) is 0 Å². The van der Waals surface area contributed by atoms with Crippen LogP contribution in [0.2, 0.25) is 0 Å². The number of hydrogen-bond acceptors (Lipinski definition) is 5. The van der Waals surface area contributed by atoms with Crippen molar-refractivity contribution < 1.29 is 14.8 Å². The highest BCUT2D eigenvalue weighted by atomic mass is 16.6. The van der Waals surface area contributed by atoms with Crippen LogP contribution in [0.4, 0.5) is 11.4 Å². The molecular formula is C13H13N3O4. The maximum atomic E-state index is 11.3. The summed E-state index contributed by atoms with van der Waals surface area (Å²) in [6.45, 7) is 1.69. The average molecular weight is 275 g/mol. The Kier molecular flexibility index (Phi) is 3.79. The smallest absolute Gasteiger partial charge is 0.326 e. The molecule has 7 nitrogen and oxygen atoms in total. The summed E-state index contributed by atoms with van der Waals surface area (Å²) in [6, 6.07) is 5.43. The predicted octanol–water partition coefficient (Wildman–Crippen LogP) is 2.42. The van der Waals surface area contributed by atoms with Crippen molar-refractivity contribution in [3.05, 3.63) is 40.6 Å². The second kappa shape index (κ2) is 5.52. The van der Waals surface area contributed by atoms with E-state index in [0.717, 1.165) is 0 Å². The molecular weight excluding hydrogens is 262 g/mol. The Morgan fingerprint density at radius 2 is 2.25 bits per heavy atom. The number of nitro groups is 1. The molecule has 7 heteroatoms. The summed E-state index contributed by atoms with van der Waals surface area (Å²) in [5.74, 6) is -1.05. The monoisotopic (exact) mass is 275 g/mol. The number of pyridine rings is 1. The van der Waals surface area contributed by atoms with Gasteiger partial charge in [-0.2, -0.15) is 0 Å². The highest BCUT2D eigenvalue weighted by molar-refractivity contribution is 5.95. The molecule has 2 N–H and O–H groups in total. The number of rotatable bonds is 5. The van der Waals surface area contributed by atoms with Gasteiger partial charge < -0.3 is 10.4 Å². The first-order chi connectivity index (χ1) is 9.54. The van der Waals surface area contributed by atoms with Gasteiger partial charge in [-0.15, -0.1) is 0 Å². The van der Waals surface area contributed by atoms with E-state index in [2.05, 4.69) is 10.3 Å². The van der Waals surface area contributed by atoms with Gasteiger partial charge in [0.1, 0.15) is 11.7 Å². The van der Waals surface area contributed by atoms with Crippen molar-refractivity contribution in [2.24, 2.45) is 0 Å². The topological polar surface area (TPSA) is 105 Å². The van der Waals surface area contributed by atoms with Gasteiger partial charge in [0.2, 0.25) is 0 Å². The van der Waals surface area contributed by atoms with E-state index in [4.69, 9.17) is 5.11 Å². The van der Waals surface area contributed by atoms with Gasteiger partial charge >= 0.3 is 11.7 Å². The number of nitro benzene ring substituents is 1. The lowest BCUT2D eigenvalue weighted by atomic mass is 10.1. The molecule has 1 atom stereocenters. The number of benzene rings is 1. The van der Waals surface area contributed by atoms with E-state index in [1.54, 1.807) is 31.3 Å². The van der Waals surface area contributed by atoms with Crippen molar-refractivity contribution >= 4 is 28.2 Å². The lowest BCUT2D eigenvalue weighted by Gasteiger charge is -2.14. The molecule has 0 bridgehead atoms. The van der Waals surface area contributed by atoms with Crippen molar-refractivity contribution in [2.75, 3.05) is 5.32 Å². The first-order valence-electron chi connectivity index (χ1n) is 6.06. The number of carbonyl (C=O) groups is 1. The molecule has 0 saturated heterocycles. The number of nitrogens with zero attached hydrogens (tertiary/aromatic N) is 2. The first kappa shape index (κ1) is 13.7. The number of anilines is 1. The quantitative estimate of drug-likeness (QED) is 0.641. The molecule has 0 aliphatic heterocycles. The molecule has 0 fully saturated rings. The van der Waals surface area contributed by atoms with Crippen molar-refractivity contribution in [1.82, 2.24) is 4.98 Å². The van der Waals surface area contributed by atoms with Gasteiger partial charge in [-0.1, -0.05) is 6.92 Å². The SMILES string of the molecule is CCC(Nc1ccc2ncccc2c1[N+](=O)[O-])C(=O)O. The van der Waals surface area contributed by atoms with Crippen LogP contribution in [-0.2, 0) is 4.79 Å². The fourth-order valence-corrected chi connectivity index (χ4v) is 1.98. The summed E-state index contributed by atoms with van der Waals surface area (Å²) in [6.07, 6.45) is 1.86. The number of aromatic nitrogens is 1. The van der Waals surface area contributed by atoms with Crippen LogP contribution in [0.3, 0.4) is 0 Å².